The van der Waals surface area contributed by atoms with E-state index < -0.39 is 0 Å². The largest absolute Gasteiger partial charge is 0.329 e. The van der Waals surface area contributed by atoms with Crippen LogP contribution in [0.1, 0.15) is 47.0 Å². The summed E-state index contributed by atoms with van der Waals surface area (Å²) in [5.74, 6) is 1.64. The molecule has 2 heteroatoms. The van der Waals surface area contributed by atoms with Crippen LogP contribution >= 0.6 is 0 Å². The van der Waals surface area contributed by atoms with Crippen LogP contribution in [0.3, 0.4) is 0 Å². The minimum atomic E-state index is 0.626. The van der Waals surface area contributed by atoms with Gasteiger partial charge in [0.25, 0.3) is 0 Å². The van der Waals surface area contributed by atoms with E-state index in [1.807, 2.05) is 0 Å². The van der Waals surface area contributed by atoms with Crippen molar-refractivity contribution in [3.05, 3.63) is 0 Å². The van der Waals surface area contributed by atoms with Gasteiger partial charge < -0.3 is 5.73 Å². The highest BCUT2D eigenvalue weighted by atomic mass is 15.2. The molecule has 0 bridgehead atoms. The van der Waals surface area contributed by atoms with E-state index in [9.17, 15) is 0 Å². The normalized spacial score (nSPS) is 30.8. The van der Waals surface area contributed by atoms with Crippen molar-refractivity contribution in [1.82, 2.24) is 4.90 Å². The maximum atomic E-state index is 5.91. The predicted molar refractivity (Wildman–Crippen MR) is 66.9 cm³/mol. The van der Waals surface area contributed by atoms with Gasteiger partial charge in [-0.05, 0) is 38.1 Å². The van der Waals surface area contributed by atoms with Crippen molar-refractivity contribution in [2.24, 2.45) is 17.6 Å². The van der Waals surface area contributed by atoms with Gasteiger partial charge in [0.15, 0.2) is 0 Å². The number of hydrogen-bond acceptors (Lipinski definition) is 2. The zero-order valence-corrected chi connectivity index (χ0v) is 10.9. The molecule has 2 N–H and O–H groups in total. The third-order valence-electron chi connectivity index (χ3n) is 4.21. The molecule has 0 aromatic rings. The quantitative estimate of drug-likeness (QED) is 0.776. The Bertz CT molecular complexity index is 179. The van der Waals surface area contributed by atoms with Crippen molar-refractivity contribution in [2.75, 3.05) is 13.1 Å². The molecule has 0 saturated carbocycles. The van der Waals surface area contributed by atoms with Crippen LogP contribution < -0.4 is 5.73 Å². The fraction of sp³-hybridized carbons (Fsp3) is 1.00. The van der Waals surface area contributed by atoms with E-state index >= 15 is 0 Å². The fourth-order valence-electron chi connectivity index (χ4n) is 2.67. The number of likely N-dealkylation sites (tertiary alicyclic amines) is 1. The molecule has 0 aromatic carbocycles. The third kappa shape index (κ3) is 3.18. The predicted octanol–water partition coefficient (Wildman–Crippen LogP) is 2.48. The molecular weight excluding hydrogens is 184 g/mol. The molecular formula is C13H28N2. The molecule has 0 spiro atoms. The van der Waals surface area contributed by atoms with Gasteiger partial charge >= 0.3 is 0 Å². The fourth-order valence-corrected chi connectivity index (χ4v) is 2.67. The second-order valence-corrected chi connectivity index (χ2v) is 5.41. The Morgan fingerprint density at radius 2 is 2.00 bits per heavy atom. The summed E-state index contributed by atoms with van der Waals surface area (Å²) >= 11 is 0. The maximum absolute atomic E-state index is 5.91. The average molecular weight is 212 g/mol. The van der Waals surface area contributed by atoms with Crippen molar-refractivity contribution in [2.45, 2.75) is 59.0 Å². The topological polar surface area (TPSA) is 29.3 Å². The lowest BCUT2D eigenvalue weighted by Gasteiger charge is -2.43. The van der Waals surface area contributed by atoms with Crippen LogP contribution in [0.25, 0.3) is 0 Å². The van der Waals surface area contributed by atoms with Gasteiger partial charge in [-0.3, -0.25) is 4.90 Å². The summed E-state index contributed by atoms with van der Waals surface area (Å²) in [6.45, 7) is 11.3. The van der Waals surface area contributed by atoms with Crippen LogP contribution in [0.5, 0.6) is 0 Å². The first-order chi connectivity index (χ1) is 7.10. The molecule has 3 atom stereocenters. The lowest BCUT2D eigenvalue weighted by atomic mass is 9.87. The molecule has 90 valence electrons. The van der Waals surface area contributed by atoms with E-state index in [1.165, 1.54) is 25.8 Å². The third-order valence-corrected chi connectivity index (χ3v) is 4.21. The lowest BCUT2D eigenvalue weighted by Crippen LogP contribution is -2.52. The first kappa shape index (κ1) is 13.0. The van der Waals surface area contributed by atoms with Gasteiger partial charge in [-0.2, -0.15) is 0 Å². The van der Waals surface area contributed by atoms with Gasteiger partial charge in [-0.25, -0.2) is 0 Å². The summed E-state index contributed by atoms with van der Waals surface area (Å²) in [7, 11) is 0. The molecule has 1 heterocycles. The highest BCUT2D eigenvalue weighted by Crippen LogP contribution is 2.28. The molecule has 3 unspecified atom stereocenters. The van der Waals surface area contributed by atoms with E-state index in [2.05, 4.69) is 32.6 Å². The Morgan fingerprint density at radius 1 is 1.33 bits per heavy atom. The summed E-state index contributed by atoms with van der Waals surface area (Å²) in [6, 6.07) is 1.30. The van der Waals surface area contributed by atoms with Gasteiger partial charge in [0.05, 0.1) is 0 Å². The number of piperidine rings is 1. The van der Waals surface area contributed by atoms with Crippen LogP contribution in [0.4, 0.5) is 0 Å². The van der Waals surface area contributed by atoms with Crippen molar-refractivity contribution in [1.29, 1.82) is 0 Å². The minimum Gasteiger partial charge on any atom is -0.329 e. The standard InChI is InChI=1S/C13H28N2/c1-5-12-6-7-15(11(4)10(2)3)13(8-12)9-14/h10-13H,5-9,14H2,1-4H3. The van der Waals surface area contributed by atoms with Crippen molar-refractivity contribution in [3.63, 3.8) is 0 Å². The van der Waals surface area contributed by atoms with Crippen LogP contribution in [0.2, 0.25) is 0 Å². The van der Waals surface area contributed by atoms with Gasteiger partial charge in [-0.15, -0.1) is 0 Å². The molecule has 1 aliphatic rings. The van der Waals surface area contributed by atoms with Crippen molar-refractivity contribution in [3.8, 4) is 0 Å². The second kappa shape index (κ2) is 5.86. The zero-order chi connectivity index (χ0) is 11.4. The SMILES string of the molecule is CCC1CCN(C(C)C(C)C)C(CN)C1. The number of hydrogen-bond donors (Lipinski definition) is 1. The molecule has 1 fully saturated rings. The van der Waals surface area contributed by atoms with Crippen LogP contribution in [-0.2, 0) is 0 Å². The zero-order valence-electron chi connectivity index (χ0n) is 10.9. The van der Waals surface area contributed by atoms with Crippen molar-refractivity contribution < 1.29 is 0 Å². The molecule has 2 nitrogen and oxygen atoms in total. The summed E-state index contributed by atoms with van der Waals surface area (Å²) in [4.78, 5) is 2.64. The molecule has 0 aliphatic carbocycles. The monoisotopic (exact) mass is 212 g/mol. The molecule has 1 rings (SSSR count). The highest BCUT2D eigenvalue weighted by Gasteiger charge is 2.30. The Hall–Kier alpha value is -0.0800. The van der Waals surface area contributed by atoms with Crippen LogP contribution in [0.15, 0.2) is 0 Å². The number of nitrogens with two attached hydrogens (primary N) is 1. The smallest absolute Gasteiger partial charge is 0.0223 e. The van der Waals surface area contributed by atoms with Gasteiger partial charge in [0, 0.05) is 18.6 Å². The summed E-state index contributed by atoms with van der Waals surface area (Å²) in [6.07, 6.45) is 3.99. The minimum absolute atomic E-state index is 0.626. The van der Waals surface area contributed by atoms with E-state index in [0.29, 0.717) is 12.1 Å². The first-order valence-corrected chi connectivity index (χ1v) is 6.55. The first-order valence-electron chi connectivity index (χ1n) is 6.55. The van der Waals surface area contributed by atoms with Crippen LogP contribution in [0, 0.1) is 11.8 Å². The Balaban J connectivity index is 2.57. The van der Waals surface area contributed by atoms with E-state index in [0.717, 1.165) is 18.4 Å². The molecule has 0 radical (unpaired) electrons. The molecule has 15 heavy (non-hydrogen) atoms. The van der Waals surface area contributed by atoms with Crippen LogP contribution in [-0.4, -0.2) is 30.1 Å². The maximum Gasteiger partial charge on any atom is 0.0223 e. The second-order valence-electron chi connectivity index (χ2n) is 5.41. The summed E-state index contributed by atoms with van der Waals surface area (Å²) in [5, 5.41) is 0. The van der Waals surface area contributed by atoms with Gasteiger partial charge in [0.2, 0.25) is 0 Å². The molecule has 1 saturated heterocycles. The molecule has 0 aromatic heterocycles. The average Bonchev–Trinajstić information content (AvgIpc) is 2.27. The lowest BCUT2D eigenvalue weighted by molar-refractivity contribution is 0.0579. The summed E-state index contributed by atoms with van der Waals surface area (Å²) < 4.78 is 0. The van der Waals surface area contributed by atoms with E-state index in [4.69, 9.17) is 5.73 Å². The van der Waals surface area contributed by atoms with Gasteiger partial charge in [0.1, 0.15) is 0 Å². The molecule has 1 aliphatic heterocycles. The Morgan fingerprint density at radius 3 is 2.47 bits per heavy atom. The summed E-state index contributed by atoms with van der Waals surface area (Å²) in [5.41, 5.74) is 5.91. The molecule has 0 amide bonds. The Kier molecular flexibility index (Phi) is 5.07. The highest BCUT2D eigenvalue weighted by molar-refractivity contribution is 4.85. The van der Waals surface area contributed by atoms with E-state index in [-0.39, 0.29) is 0 Å². The van der Waals surface area contributed by atoms with Crippen molar-refractivity contribution >= 4 is 0 Å². The van der Waals surface area contributed by atoms with E-state index in [1.54, 1.807) is 0 Å². The number of nitrogens with zero attached hydrogens (tertiary/aromatic N) is 1. The Labute approximate surface area is 95.2 Å². The van der Waals surface area contributed by atoms with Gasteiger partial charge in [-0.1, -0.05) is 27.2 Å². The number of rotatable bonds is 4.